The zero-order valence-corrected chi connectivity index (χ0v) is 43.2. The van der Waals surface area contributed by atoms with Crippen molar-refractivity contribution in [1.29, 1.82) is 0 Å². The van der Waals surface area contributed by atoms with Crippen molar-refractivity contribution in [3.8, 4) is 22.8 Å². The smallest absolute Gasteiger partial charge is 0.341 e. The monoisotopic (exact) mass is 1020 g/mol. The molecule has 75 heavy (non-hydrogen) atoms. The Bertz CT molecular complexity index is 3010. The first kappa shape index (κ1) is 48.2. The summed E-state index contributed by atoms with van der Waals surface area (Å²) in [5.41, 5.74) is 4.49. The second-order valence-electron chi connectivity index (χ2n) is 21.8. The van der Waals surface area contributed by atoms with Gasteiger partial charge in [-0.1, -0.05) is 0 Å². The maximum atomic E-state index is 14.2. The third-order valence-corrected chi connectivity index (χ3v) is 16.9. The predicted octanol–water partition coefficient (Wildman–Crippen LogP) is 8.76. The molecule has 6 aromatic rings. The van der Waals surface area contributed by atoms with E-state index in [4.69, 9.17) is 49.1 Å². The Labute approximate surface area is 436 Å². The molecule has 3 aliphatic carbocycles. The summed E-state index contributed by atoms with van der Waals surface area (Å²) in [6.07, 6.45) is 18.8. The van der Waals surface area contributed by atoms with Gasteiger partial charge in [-0.2, -0.15) is 10.2 Å². The summed E-state index contributed by atoms with van der Waals surface area (Å²) >= 11 is 0. The number of urea groups is 2. The van der Waals surface area contributed by atoms with E-state index in [1.54, 1.807) is 19.2 Å². The summed E-state index contributed by atoms with van der Waals surface area (Å²) < 4.78 is 28.0. The quantitative estimate of drug-likeness (QED) is 0.110. The summed E-state index contributed by atoms with van der Waals surface area (Å²) in [6, 6.07) is 14.8. The molecule has 0 spiro atoms. The molecule has 13 rings (SSSR count). The number of fused-ring (bicyclic) bond motifs is 6. The number of carbonyl (C=O) groups is 2. The van der Waals surface area contributed by atoms with Crippen LogP contribution >= 0.6 is 0 Å². The van der Waals surface area contributed by atoms with Gasteiger partial charge in [-0.25, -0.2) is 48.9 Å². The molecule has 4 atom stereocenters. The van der Waals surface area contributed by atoms with Gasteiger partial charge in [-0.15, -0.1) is 0 Å². The first-order valence-corrected chi connectivity index (χ1v) is 27.5. The van der Waals surface area contributed by atoms with E-state index in [-0.39, 0.29) is 67.3 Å². The van der Waals surface area contributed by atoms with Crippen LogP contribution in [-0.4, -0.2) is 151 Å². The first-order chi connectivity index (χ1) is 36.7. The van der Waals surface area contributed by atoms with Crippen LogP contribution in [0.25, 0.3) is 44.8 Å². The van der Waals surface area contributed by atoms with Crippen LogP contribution in [0.1, 0.15) is 109 Å². The molecule has 4 unspecified atom stereocenters. The first-order valence-electron chi connectivity index (χ1n) is 27.5. The lowest BCUT2D eigenvalue weighted by Gasteiger charge is -2.34. The Balaban J connectivity index is 0.715. The van der Waals surface area contributed by atoms with Crippen LogP contribution in [0, 0.1) is 0 Å². The van der Waals surface area contributed by atoms with E-state index < -0.39 is 6.03 Å². The highest BCUT2D eigenvalue weighted by molar-refractivity contribution is 5.95. The van der Waals surface area contributed by atoms with Crippen molar-refractivity contribution in [2.45, 2.75) is 152 Å². The molecule has 3 saturated carbocycles. The average molecular weight is 1020 g/mol. The summed E-state index contributed by atoms with van der Waals surface area (Å²) in [7, 11) is 3.59. The fourth-order valence-electron chi connectivity index (χ4n) is 12.7. The summed E-state index contributed by atoms with van der Waals surface area (Å²) in [6.45, 7) is 5.28. The molecule has 4 amide bonds. The molecule has 20 nitrogen and oxygen atoms in total. The largest absolute Gasteiger partial charge is 0.381 e. The third-order valence-electron chi connectivity index (χ3n) is 16.9. The third kappa shape index (κ3) is 9.52. The molecule has 2 aromatic carbocycles. The minimum Gasteiger partial charge on any atom is -0.381 e. The number of anilines is 4. The standard InChI is InChI=1S/C55H68N14O6/c1-4-66(54(70)58-35-9-5-33(6-10-35)48-60-50(64-29-42-23-24-43(30-64)74-42)46-27-56-67(52(46)62-48)37-15-19-40(72-2)20-16-37)69(39-13-14-39)55(71)59-36-11-7-34(8-12-36)49-61-51(65-31-44-25-26-45(32-65)75-44)47-28-57-68(53(47)63-49)38-17-21-41(73-3)22-18-38/h5-12,27-28,37-45H,4,13-26,29-32H2,1-3H3,(H,58,70)(H,59,71). The van der Waals surface area contributed by atoms with Crippen LogP contribution < -0.4 is 20.4 Å². The highest BCUT2D eigenvalue weighted by atomic mass is 16.5. The Morgan fingerprint density at radius 2 is 0.973 bits per heavy atom. The molecule has 2 N–H and O–H groups in total. The second kappa shape index (κ2) is 20.2. The number of amides is 4. The van der Waals surface area contributed by atoms with Gasteiger partial charge in [0.1, 0.15) is 11.6 Å². The van der Waals surface area contributed by atoms with Crippen LogP contribution in [0.2, 0.25) is 0 Å². The molecular formula is C55H68N14O6. The van der Waals surface area contributed by atoms with Gasteiger partial charge < -0.3 is 39.4 Å². The lowest BCUT2D eigenvalue weighted by Crippen LogP contribution is -2.53. The van der Waals surface area contributed by atoms with Crippen LogP contribution in [0.15, 0.2) is 60.9 Å². The fraction of sp³-hybridized carbons (Fsp3) is 0.564. The van der Waals surface area contributed by atoms with E-state index in [1.165, 1.54) is 5.01 Å². The minimum absolute atomic E-state index is 0.105. The Morgan fingerprint density at radius 3 is 1.36 bits per heavy atom. The Morgan fingerprint density at radius 1 is 0.560 bits per heavy atom. The minimum atomic E-state index is -0.403. The molecule has 4 aliphatic heterocycles. The second-order valence-corrected chi connectivity index (χ2v) is 21.8. The lowest BCUT2D eigenvalue weighted by molar-refractivity contribution is 0.0301. The number of benzene rings is 2. The van der Waals surface area contributed by atoms with Gasteiger partial charge in [0.15, 0.2) is 22.9 Å². The summed E-state index contributed by atoms with van der Waals surface area (Å²) in [5, 5.41) is 21.0. The number of nitrogens with zero attached hydrogens (tertiary/aromatic N) is 12. The van der Waals surface area contributed by atoms with Crippen molar-refractivity contribution < 1.29 is 28.5 Å². The van der Waals surface area contributed by atoms with Crippen molar-refractivity contribution in [3.63, 3.8) is 0 Å². The van der Waals surface area contributed by atoms with Gasteiger partial charge in [0.05, 0.1) is 77.9 Å². The molecular weight excluding hydrogens is 953 g/mol. The molecule has 20 heteroatoms. The van der Waals surface area contributed by atoms with Crippen molar-refractivity contribution in [2.75, 3.05) is 67.4 Å². The fourth-order valence-corrected chi connectivity index (χ4v) is 12.7. The Hall–Kier alpha value is -6.48. The number of carbonyl (C=O) groups excluding carboxylic acids is 2. The maximum Gasteiger partial charge on any atom is 0.341 e. The number of rotatable bonds is 12. The molecule has 8 heterocycles. The summed E-state index contributed by atoms with van der Waals surface area (Å²) in [5.74, 6) is 2.97. The molecule has 0 radical (unpaired) electrons. The van der Waals surface area contributed by atoms with Gasteiger partial charge in [-0.05, 0) is 145 Å². The topological polar surface area (TPSA) is 195 Å². The average Bonchev–Trinajstić information content (AvgIpc) is 3.69. The SMILES string of the molecule is CCN(C(=O)Nc1ccc(-c2nc(N3CC4CCC(C3)O4)c3cnn(C4CCC(OC)CC4)c3n2)cc1)N(C(=O)Nc1ccc(-c2nc(N3CC4CCC(C3)O4)c3cnn(C4CCC(OC)CC4)c3n2)cc1)C1CC1. The van der Waals surface area contributed by atoms with E-state index in [1.807, 2.05) is 67.8 Å². The van der Waals surface area contributed by atoms with Crippen LogP contribution in [0.4, 0.5) is 32.6 Å². The van der Waals surface area contributed by atoms with Crippen molar-refractivity contribution in [1.82, 2.24) is 49.5 Å². The number of ether oxygens (including phenoxy) is 4. The van der Waals surface area contributed by atoms with E-state index >= 15 is 0 Å². The van der Waals surface area contributed by atoms with Gasteiger partial charge >= 0.3 is 12.1 Å². The van der Waals surface area contributed by atoms with Gasteiger partial charge in [-0.3, -0.25) is 0 Å². The zero-order chi connectivity index (χ0) is 50.7. The Kier molecular flexibility index (Phi) is 13.0. The van der Waals surface area contributed by atoms with E-state index in [0.29, 0.717) is 23.0 Å². The molecule has 394 valence electrons. The van der Waals surface area contributed by atoms with Crippen LogP contribution in [-0.2, 0) is 18.9 Å². The van der Waals surface area contributed by atoms with E-state index in [9.17, 15) is 9.59 Å². The number of methoxy groups -OCH3 is 2. The summed E-state index contributed by atoms with van der Waals surface area (Å²) in [4.78, 5) is 53.9. The number of morpholine rings is 2. The van der Waals surface area contributed by atoms with Crippen molar-refractivity contribution >= 4 is 57.1 Å². The van der Waals surface area contributed by atoms with E-state index in [0.717, 1.165) is 161 Å². The number of hydrogen-bond acceptors (Lipinski definition) is 14. The number of hydrazine groups is 1. The molecule has 4 bridgehead atoms. The zero-order valence-electron chi connectivity index (χ0n) is 43.2. The van der Waals surface area contributed by atoms with Gasteiger partial charge in [0.25, 0.3) is 0 Å². The highest BCUT2D eigenvalue weighted by Crippen LogP contribution is 2.40. The van der Waals surface area contributed by atoms with E-state index in [2.05, 4.69) is 29.8 Å². The number of nitrogens with one attached hydrogen (secondary N) is 2. The highest BCUT2D eigenvalue weighted by Gasteiger charge is 2.40. The van der Waals surface area contributed by atoms with Crippen molar-refractivity contribution in [2.24, 2.45) is 0 Å². The molecule has 4 aromatic heterocycles. The number of aromatic nitrogens is 8. The van der Waals surface area contributed by atoms with Crippen LogP contribution in [0.5, 0.6) is 0 Å². The normalized spacial score (nSPS) is 26.5. The van der Waals surface area contributed by atoms with Crippen LogP contribution in [0.3, 0.4) is 0 Å². The molecule has 7 fully saturated rings. The predicted molar refractivity (Wildman–Crippen MR) is 284 cm³/mol. The lowest BCUT2D eigenvalue weighted by atomic mass is 9.93. The molecule has 4 saturated heterocycles. The molecule has 7 aliphatic rings. The van der Waals surface area contributed by atoms with Crippen molar-refractivity contribution in [3.05, 3.63) is 60.9 Å². The van der Waals surface area contributed by atoms with Gasteiger partial charge in [0.2, 0.25) is 0 Å². The van der Waals surface area contributed by atoms with Gasteiger partial charge in [0, 0.05) is 69.4 Å². The maximum absolute atomic E-state index is 14.2. The number of hydrogen-bond donors (Lipinski definition) is 2.